The fourth-order valence-electron chi connectivity index (χ4n) is 2.94. The van der Waals surface area contributed by atoms with Crippen molar-refractivity contribution in [1.29, 1.82) is 0 Å². The molecular formula is C20H23N3O2. The van der Waals surface area contributed by atoms with Crippen molar-refractivity contribution in [1.82, 2.24) is 5.32 Å². The summed E-state index contributed by atoms with van der Waals surface area (Å²) in [7, 11) is 0. The maximum absolute atomic E-state index is 12.5. The smallest absolute Gasteiger partial charge is 0.229 e. The van der Waals surface area contributed by atoms with Crippen LogP contribution in [0.3, 0.4) is 0 Å². The predicted molar refractivity (Wildman–Crippen MR) is 99.3 cm³/mol. The first-order valence-corrected chi connectivity index (χ1v) is 8.58. The van der Waals surface area contributed by atoms with Crippen LogP contribution >= 0.6 is 0 Å². The van der Waals surface area contributed by atoms with Crippen LogP contribution in [0.5, 0.6) is 0 Å². The minimum atomic E-state index is -0.179. The van der Waals surface area contributed by atoms with Crippen LogP contribution in [0.1, 0.15) is 24.0 Å². The van der Waals surface area contributed by atoms with E-state index < -0.39 is 0 Å². The molecule has 2 amide bonds. The van der Waals surface area contributed by atoms with Crippen molar-refractivity contribution >= 4 is 23.2 Å². The average Bonchev–Trinajstić information content (AvgIpc) is 2.62. The number of carbonyl (C=O) groups excluding carboxylic acids is 2. The Morgan fingerprint density at radius 1 is 1.12 bits per heavy atom. The molecule has 1 atom stereocenters. The van der Waals surface area contributed by atoms with Crippen LogP contribution in [0.15, 0.2) is 48.5 Å². The van der Waals surface area contributed by atoms with E-state index in [1.807, 2.05) is 36.4 Å². The fourth-order valence-corrected chi connectivity index (χ4v) is 2.94. The van der Waals surface area contributed by atoms with Gasteiger partial charge >= 0.3 is 0 Å². The number of aryl methyl sites for hydroxylation is 1. The van der Waals surface area contributed by atoms with Crippen LogP contribution < -0.4 is 16.0 Å². The van der Waals surface area contributed by atoms with Crippen LogP contribution in [0, 0.1) is 12.8 Å². The van der Waals surface area contributed by atoms with E-state index in [9.17, 15) is 9.59 Å². The van der Waals surface area contributed by atoms with Crippen LogP contribution in [-0.4, -0.2) is 18.4 Å². The van der Waals surface area contributed by atoms with Gasteiger partial charge in [0, 0.05) is 19.5 Å². The first-order chi connectivity index (χ1) is 12.1. The number of hydrogen-bond acceptors (Lipinski definition) is 3. The largest absolute Gasteiger partial charge is 0.379 e. The van der Waals surface area contributed by atoms with E-state index in [0.717, 1.165) is 11.4 Å². The zero-order valence-corrected chi connectivity index (χ0v) is 14.3. The standard InChI is InChI=1S/C20H23N3O2/c1-14-6-2-3-7-15(14)12-21-17-8-4-5-9-18(17)23-20(25)16-10-11-19(24)22-13-16/h2-9,16,21H,10-13H2,1H3,(H,22,24)(H,23,25)/t16-/m1/s1. The van der Waals surface area contributed by atoms with Crippen LogP contribution in [0.25, 0.3) is 0 Å². The molecule has 1 aliphatic rings. The molecule has 0 aromatic heterocycles. The number of hydrogen-bond donors (Lipinski definition) is 3. The van der Waals surface area contributed by atoms with Crippen molar-refractivity contribution in [2.75, 3.05) is 17.2 Å². The van der Waals surface area contributed by atoms with Crippen molar-refractivity contribution in [3.05, 3.63) is 59.7 Å². The molecule has 1 heterocycles. The number of benzene rings is 2. The van der Waals surface area contributed by atoms with Gasteiger partial charge in [0.1, 0.15) is 0 Å². The molecule has 3 N–H and O–H groups in total. The lowest BCUT2D eigenvalue weighted by Crippen LogP contribution is -2.40. The van der Waals surface area contributed by atoms with Crippen molar-refractivity contribution in [2.45, 2.75) is 26.3 Å². The summed E-state index contributed by atoms with van der Waals surface area (Å²) < 4.78 is 0. The summed E-state index contributed by atoms with van der Waals surface area (Å²) in [5, 5.41) is 9.15. The summed E-state index contributed by atoms with van der Waals surface area (Å²) in [4.78, 5) is 23.7. The summed E-state index contributed by atoms with van der Waals surface area (Å²) in [5.41, 5.74) is 4.10. The summed E-state index contributed by atoms with van der Waals surface area (Å²) in [6, 6.07) is 15.9. The Balaban J connectivity index is 1.65. The Labute approximate surface area is 147 Å². The lowest BCUT2D eigenvalue weighted by molar-refractivity contribution is -0.126. The molecule has 0 bridgehead atoms. The second-order valence-electron chi connectivity index (χ2n) is 6.35. The Hall–Kier alpha value is -2.82. The van der Waals surface area contributed by atoms with E-state index in [4.69, 9.17) is 0 Å². The monoisotopic (exact) mass is 337 g/mol. The normalized spacial score (nSPS) is 16.8. The second kappa shape index (κ2) is 7.83. The molecule has 1 aliphatic heterocycles. The molecule has 1 fully saturated rings. The average molecular weight is 337 g/mol. The molecule has 0 unspecified atom stereocenters. The quantitative estimate of drug-likeness (QED) is 0.785. The molecule has 2 aromatic rings. The number of piperidine rings is 1. The second-order valence-corrected chi connectivity index (χ2v) is 6.35. The van der Waals surface area contributed by atoms with Gasteiger partial charge < -0.3 is 16.0 Å². The summed E-state index contributed by atoms with van der Waals surface area (Å²) in [5.74, 6) is -0.211. The van der Waals surface area contributed by atoms with Gasteiger partial charge in [-0.25, -0.2) is 0 Å². The van der Waals surface area contributed by atoms with Crippen molar-refractivity contribution in [3.8, 4) is 0 Å². The molecule has 1 saturated heterocycles. The number of para-hydroxylation sites is 2. The number of nitrogens with one attached hydrogen (secondary N) is 3. The van der Waals surface area contributed by atoms with Crippen LogP contribution in [0.2, 0.25) is 0 Å². The lowest BCUT2D eigenvalue weighted by Gasteiger charge is -2.22. The molecule has 5 heteroatoms. The highest BCUT2D eigenvalue weighted by atomic mass is 16.2. The van der Waals surface area contributed by atoms with Gasteiger partial charge in [-0.15, -0.1) is 0 Å². The van der Waals surface area contributed by atoms with Crippen molar-refractivity contribution < 1.29 is 9.59 Å². The van der Waals surface area contributed by atoms with Gasteiger partial charge in [0.25, 0.3) is 0 Å². The van der Waals surface area contributed by atoms with E-state index in [2.05, 4.69) is 35.0 Å². The first kappa shape index (κ1) is 17.0. The molecule has 0 spiro atoms. The predicted octanol–water partition coefficient (Wildman–Crippen LogP) is 3.07. The lowest BCUT2D eigenvalue weighted by atomic mass is 9.98. The minimum Gasteiger partial charge on any atom is -0.379 e. The highest BCUT2D eigenvalue weighted by molar-refractivity contribution is 5.96. The molecule has 3 rings (SSSR count). The molecule has 2 aromatic carbocycles. The van der Waals surface area contributed by atoms with Crippen LogP contribution in [-0.2, 0) is 16.1 Å². The Morgan fingerprint density at radius 2 is 1.84 bits per heavy atom. The number of carbonyl (C=O) groups is 2. The molecule has 0 saturated carbocycles. The van der Waals surface area contributed by atoms with Gasteiger partial charge in [0.05, 0.1) is 17.3 Å². The van der Waals surface area contributed by atoms with Gasteiger partial charge in [-0.3, -0.25) is 9.59 Å². The number of amides is 2. The van der Waals surface area contributed by atoms with E-state index >= 15 is 0 Å². The third kappa shape index (κ3) is 4.38. The highest BCUT2D eigenvalue weighted by Gasteiger charge is 2.24. The Bertz CT molecular complexity index is 763. The van der Waals surface area contributed by atoms with E-state index in [1.54, 1.807) is 0 Å². The summed E-state index contributed by atoms with van der Waals surface area (Å²) in [6.45, 7) is 3.19. The zero-order valence-electron chi connectivity index (χ0n) is 14.3. The third-order valence-electron chi connectivity index (χ3n) is 4.55. The topological polar surface area (TPSA) is 70.2 Å². The minimum absolute atomic E-state index is 0.0179. The van der Waals surface area contributed by atoms with E-state index in [-0.39, 0.29) is 17.7 Å². The van der Waals surface area contributed by atoms with Crippen molar-refractivity contribution in [2.24, 2.45) is 5.92 Å². The molecule has 0 aliphatic carbocycles. The maximum atomic E-state index is 12.5. The number of anilines is 2. The van der Waals surface area contributed by atoms with Gasteiger partial charge in [-0.2, -0.15) is 0 Å². The SMILES string of the molecule is Cc1ccccc1CNc1ccccc1NC(=O)[C@@H]1CCC(=O)NC1. The first-order valence-electron chi connectivity index (χ1n) is 8.58. The summed E-state index contributed by atoms with van der Waals surface area (Å²) in [6.07, 6.45) is 1.00. The maximum Gasteiger partial charge on any atom is 0.229 e. The van der Waals surface area contributed by atoms with Gasteiger partial charge in [-0.05, 0) is 36.6 Å². The van der Waals surface area contributed by atoms with Crippen LogP contribution in [0.4, 0.5) is 11.4 Å². The fraction of sp³-hybridized carbons (Fsp3) is 0.300. The molecule has 25 heavy (non-hydrogen) atoms. The van der Waals surface area contributed by atoms with E-state index in [1.165, 1.54) is 11.1 Å². The number of rotatable bonds is 5. The highest BCUT2D eigenvalue weighted by Crippen LogP contribution is 2.24. The van der Waals surface area contributed by atoms with Gasteiger partial charge in [-0.1, -0.05) is 36.4 Å². The van der Waals surface area contributed by atoms with Gasteiger partial charge in [0.15, 0.2) is 0 Å². The van der Waals surface area contributed by atoms with Crippen molar-refractivity contribution in [3.63, 3.8) is 0 Å². The van der Waals surface area contributed by atoms with Gasteiger partial charge in [0.2, 0.25) is 11.8 Å². The molecule has 0 radical (unpaired) electrons. The molecule has 130 valence electrons. The Kier molecular flexibility index (Phi) is 5.33. The van der Waals surface area contributed by atoms with E-state index in [0.29, 0.717) is 25.9 Å². The zero-order chi connectivity index (χ0) is 17.6. The summed E-state index contributed by atoms with van der Waals surface area (Å²) >= 11 is 0. The molecular weight excluding hydrogens is 314 g/mol. The Morgan fingerprint density at radius 3 is 2.56 bits per heavy atom. The third-order valence-corrected chi connectivity index (χ3v) is 4.55. The molecule has 5 nitrogen and oxygen atoms in total.